The summed E-state index contributed by atoms with van der Waals surface area (Å²) in [4.78, 5) is 16.0. The maximum Gasteiger partial charge on any atom is 0.263 e. The predicted octanol–water partition coefficient (Wildman–Crippen LogP) is 2.14. The fourth-order valence-electron chi connectivity index (χ4n) is 2.09. The van der Waals surface area contributed by atoms with Gasteiger partial charge in [0.2, 0.25) is 0 Å². The number of nitrogens with one attached hydrogen (secondary N) is 2. The fourth-order valence-corrected chi connectivity index (χ4v) is 3.12. The Bertz CT molecular complexity index is 1060. The Morgan fingerprint density at radius 1 is 1.19 bits per heavy atom. The zero-order valence-corrected chi connectivity index (χ0v) is 14.3. The van der Waals surface area contributed by atoms with Crippen molar-refractivity contribution in [2.75, 3.05) is 10.0 Å². The van der Waals surface area contributed by atoms with Crippen molar-refractivity contribution in [2.24, 2.45) is 0 Å². The van der Waals surface area contributed by atoms with E-state index in [1.165, 1.54) is 48.7 Å². The van der Waals surface area contributed by atoms with Crippen molar-refractivity contribution in [3.63, 3.8) is 0 Å². The van der Waals surface area contributed by atoms with Gasteiger partial charge < -0.3 is 14.9 Å². The zero-order valence-electron chi connectivity index (χ0n) is 13.5. The highest BCUT2D eigenvalue weighted by atomic mass is 32.2. The number of pyridine rings is 1. The molecule has 0 fully saturated rings. The lowest BCUT2D eigenvalue weighted by Crippen LogP contribution is -2.16. The average Bonchev–Trinajstić information content (AvgIpc) is 3.01. The maximum absolute atomic E-state index is 12.4. The van der Waals surface area contributed by atoms with Gasteiger partial charge in [-0.05, 0) is 37.3 Å². The Labute approximate surface area is 148 Å². The molecule has 0 radical (unpaired) electrons. The first-order valence-corrected chi connectivity index (χ1v) is 8.85. The number of aromatic hydroxyl groups is 1. The highest BCUT2D eigenvalue weighted by molar-refractivity contribution is 7.92. The van der Waals surface area contributed by atoms with E-state index in [0.29, 0.717) is 5.76 Å². The number of sulfonamides is 1. The highest BCUT2D eigenvalue weighted by Crippen LogP contribution is 2.21. The third kappa shape index (κ3) is 3.81. The SMILES string of the molecule is Cc1cc(NS(=O)(=O)c2cccc(C(=O)Nc3ncccc3O)c2)no1. The van der Waals surface area contributed by atoms with Gasteiger partial charge in [0.15, 0.2) is 17.4 Å². The van der Waals surface area contributed by atoms with Gasteiger partial charge in [-0.3, -0.25) is 9.52 Å². The number of benzene rings is 1. The van der Waals surface area contributed by atoms with Gasteiger partial charge in [-0.25, -0.2) is 13.4 Å². The molecule has 0 bridgehead atoms. The normalized spacial score (nSPS) is 11.1. The highest BCUT2D eigenvalue weighted by Gasteiger charge is 2.18. The first-order chi connectivity index (χ1) is 12.3. The van der Waals surface area contributed by atoms with Crippen molar-refractivity contribution in [3.05, 3.63) is 60.0 Å². The molecule has 2 aromatic heterocycles. The summed E-state index contributed by atoms with van der Waals surface area (Å²) in [6.45, 7) is 1.63. The fraction of sp³-hybridized carbons (Fsp3) is 0.0625. The molecule has 26 heavy (non-hydrogen) atoms. The van der Waals surface area contributed by atoms with Crippen molar-refractivity contribution in [1.82, 2.24) is 10.1 Å². The lowest BCUT2D eigenvalue weighted by Gasteiger charge is -2.08. The largest absolute Gasteiger partial charge is 0.504 e. The van der Waals surface area contributed by atoms with Crippen molar-refractivity contribution >= 4 is 27.6 Å². The molecule has 10 heteroatoms. The number of rotatable bonds is 5. The Kier molecular flexibility index (Phi) is 4.59. The average molecular weight is 374 g/mol. The first kappa shape index (κ1) is 17.4. The van der Waals surface area contributed by atoms with Crippen molar-refractivity contribution in [2.45, 2.75) is 11.8 Å². The second kappa shape index (κ2) is 6.84. The second-order valence-electron chi connectivity index (χ2n) is 5.28. The third-order valence-corrected chi connectivity index (χ3v) is 4.64. The second-order valence-corrected chi connectivity index (χ2v) is 6.96. The van der Waals surface area contributed by atoms with Crippen molar-refractivity contribution in [1.29, 1.82) is 0 Å². The molecular weight excluding hydrogens is 360 g/mol. The quantitative estimate of drug-likeness (QED) is 0.623. The Morgan fingerprint density at radius 3 is 2.69 bits per heavy atom. The molecule has 1 amide bonds. The van der Waals surface area contributed by atoms with E-state index in [1.54, 1.807) is 6.92 Å². The van der Waals surface area contributed by atoms with E-state index in [1.807, 2.05) is 0 Å². The van der Waals surface area contributed by atoms with E-state index < -0.39 is 15.9 Å². The molecule has 2 heterocycles. The lowest BCUT2D eigenvalue weighted by atomic mass is 10.2. The minimum Gasteiger partial charge on any atom is -0.504 e. The number of aryl methyl sites for hydroxylation is 1. The molecule has 3 rings (SSSR count). The minimum atomic E-state index is -3.95. The van der Waals surface area contributed by atoms with Crippen LogP contribution in [0.5, 0.6) is 5.75 Å². The van der Waals surface area contributed by atoms with Gasteiger partial charge in [0, 0.05) is 17.8 Å². The number of carbonyl (C=O) groups excluding carboxylic acids is 1. The van der Waals surface area contributed by atoms with Gasteiger partial charge in [0.25, 0.3) is 15.9 Å². The van der Waals surface area contributed by atoms with E-state index in [4.69, 9.17) is 4.52 Å². The molecule has 0 unspecified atom stereocenters. The summed E-state index contributed by atoms with van der Waals surface area (Å²) < 4.78 is 31.9. The van der Waals surface area contributed by atoms with Gasteiger partial charge in [-0.15, -0.1) is 0 Å². The smallest absolute Gasteiger partial charge is 0.263 e. The van der Waals surface area contributed by atoms with Crippen LogP contribution in [0, 0.1) is 6.92 Å². The van der Waals surface area contributed by atoms with Crippen LogP contribution in [0.25, 0.3) is 0 Å². The van der Waals surface area contributed by atoms with Crippen LogP contribution in [0.1, 0.15) is 16.1 Å². The standard InChI is InChI=1S/C16H14N4O5S/c1-10-8-14(19-25-10)20-26(23,24)12-5-2-4-11(9-12)16(22)18-15-13(21)6-3-7-17-15/h2-9,21H,1H3,(H,19,20)(H,17,18,22). The summed E-state index contributed by atoms with van der Waals surface area (Å²) in [5.74, 6) is -0.357. The van der Waals surface area contributed by atoms with Crippen LogP contribution < -0.4 is 10.0 Å². The molecule has 134 valence electrons. The molecule has 9 nitrogen and oxygen atoms in total. The van der Waals surface area contributed by atoms with Crippen LogP contribution in [0.4, 0.5) is 11.6 Å². The molecule has 3 aromatic rings. The molecule has 0 saturated heterocycles. The van der Waals surface area contributed by atoms with Crippen LogP contribution >= 0.6 is 0 Å². The molecule has 3 N–H and O–H groups in total. The molecule has 0 aliphatic heterocycles. The topological polar surface area (TPSA) is 134 Å². The van der Waals surface area contributed by atoms with Gasteiger partial charge in [0.1, 0.15) is 5.76 Å². The van der Waals surface area contributed by atoms with Crippen LogP contribution in [-0.2, 0) is 10.0 Å². The molecule has 0 aliphatic carbocycles. The van der Waals surface area contributed by atoms with Crippen molar-refractivity contribution in [3.8, 4) is 5.75 Å². The molecule has 0 aliphatic rings. The molecule has 0 saturated carbocycles. The predicted molar refractivity (Wildman–Crippen MR) is 92.3 cm³/mol. The van der Waals surface area contributed by atoms with Crippen LogP contribution in [0.2, 0.25) is 0 Å². The van der Waals surface area contributed by atoms with E-state index >= 15 is 0 Å². The summed E-state index contributed by atoms with van der Waals surface area (Å²) in [6, 6.07) is 9.71. The monoisotopic (exact) mass is 374 g/mol. The van der Waals surface area contributed by atoms with Crippen LogP contribution in [0.15, 0.2) is 58.1 Å². The third-order valence-electron chi connectivity index (χ3n) is 3.29. The summed E-state index contributed by atoms with van der Waals surface area (Å²) in [7, 11) is -3.95. The summed E-state index contributed by atoms with van der Waals surface area (Å²) in [5, 5.41) is 15.6. The number of carbonyl (C=O) groups is 1. The number of nitrogens with zero attached hydrogens (tertiary/aromatic N) is 2. The number of hydrogen-bond acceptors (Lipinski definition) is 7. The number of hydrogen-bond donors (Lipinski definition) is 3. The van der Waals surface area contributed by atoms with Gasteiger partial charge >= 0.3 is 0 Å². The van der Waals surface area contributed by atoms with Crippen LogP contribution in [0.3, 0.4) is 0 Å². The van der Waals surface area contributed by atoms with Gasteiger partial charge in [-0.2, -0.15) is 0 Å². The maximum atomic E-state index is 12.4. The molecule has 1 aromatic carbocycles. The Balaban J connectivity index is 1.83. The van der Waals surface area contributed by atoms with Gasteiger partial charge in [0.05, 0.1) is 4.90 Å². The van der Waals surface area contributed by atoms with E-state index in [-0.39, 0.29) is 27.8 Å². The molecular formula is C16H14N4O5S. The Morgan fingerprint density at radius 2 is 2.00 bits per heavy atom. The lowest BCUT2D eigenvalue weighted by molar-refractivity contribution is 0.102. The van der Waals surface area contributed by atoms with E-state index in [0.717, 1.165) is 0 Å². The summed E-state index contributed by atoms with van der Waals surface area (Å²) in [6.07, 6.45) is 1.40. The zero-order chi connectivity index (χ0) is 18.7. The van der Waals surface area contributed by atoms with Gasteiger partial charge in [-0.1, -0.05) is 11.2 Å². The number of anilines is 2. The van der Waals surface area contributed by atoms with E-state index in [2.05, 4.69) is 20.2 Å². The summed E-state index contributed by atoms with van der Waals surface area (Å²) >= 11 is 0. The van der Waals surface area contributed by atoms with Crippen molar-refractivity contribution < 1.29 is 22.8 Å². The van der Waals surface area contributed by atoms with Crippen LogP contribution in [-0.4, -0.2) is 29.6 Å². The molecule has 0 spiro atoms. The molecule has 0 atom stereocenters. The first-order valence-electron chi connectivity index (χ1n) is 7.37. The number of amides is 1. The number of aromatic nitrogens is 2. The minimum absolute atomic E-state index is 0.0260. The Hall–Kier alpha value is -3.40. The van der Waals surface area contributed by atoms with E-state index in [9.17, 15) is 18.3 Å². The summed E-state index contributed by atoms with van der Waals surface area (Å²) in [5.41, 5.74) is 0.0780.